The van der Waals surface area contributed by atoms with Gasteiger partial charge in [0.15, 0.2) is 0 Å². The van der Waals surface area contributed by atoms with E-state index in [1.165, 1.54) is 7.11 Å². The summed E-state index contributed by atoms with van der Waals surface area (Å²) in [6, 6.07) is -0.505. The predicted molar refractivity (Wildman–Crippen MR) is 84.5 cm³/mol. The van der Waals surface area contributed by atoms with Gasteiger partial charge in [-0.25, -0.2) is 0 Å². The number of ether oxygens (including phenoxy) is 1. The maximum Gasteiger partial charge on any atom is 0.246 e. The molecule has 1 fully saturated rings. The van der Waals surface area contributed by atoms with E-state index in [1.807, 2.05) is 13.8 Å². The van der Waals surface area contributed by atoms with E-state index in [4.69, 9.17) is 4.74 Å². The van der Waals surface area contributed by atoms with Gasteiger partial charge in [-0.05, 0) is 37.8 Å². The Balaban J connectivity index is 0.00000400. The van der Waals surface area contributed by atoms with Crippen LogP contribution in [0.25, 0.3) is 0 Å². The highest BCUT2D eigenvalue weighted by Crippen LogP contribution is 2.09. The van der Waals surface area contributed by atoms with Crippen LogP contribution in [0.1, 0.15) is 26.7 Å². The predicted octanol–water partition coefficient (Wildman–Crippen LogP) is 0.311. The number of hydrogen-bond donors (Lipinski definition) is 3. The molecule has 0 radical (unpaired) electrons. The highest BCUT2D eigenvalue weighted by atomic mass is 35.5. The van der Waals surface area contributed by atoms with Gasteiger partial charge in [0.25, 0.3) is 0 Å². The van der Waals surface area contributed by atoms with Crippen molar-refractivity contribution in [1.82, 2.24) is 16.0 Å². The van der Waals surface area contributed by atoms with Gasteiger partial charge >= 0.3 is 0 Å². The van der Waals surface area contributed by atoms with Crippen molar-refractivity contribution in [3.05, 3.63) is 0 Å². The fourth-order valence-corrected chi connectivity index (χ4v) is 2.33. The second kappa shape index (κ2) is 10.8. The molecule has 3 N–H and O–H groups in total. The van der Waals surface area contributed by atoms with Crippen LogP contribution in [0.2, 0.25) is 0 Å². The van der Waals surface area contributed by atoms with E-state index in [0.717, 1.165) is 25.9 Å². The van der Waals surface area contributed by atoms with Crippen LogP contribution in [0.5, 0.6) is 0 Å². The van der Waals surface area contributed by atoms with Crippen molar-refractivity contribution >= 4 is 24.2 Å². The maximum atomic E-state index is 12.2. The minimum Gasteiger partial charge on any atom is -0.375 e. The molecular weight excluding hydrogens is 294 g/mol. The second-order valence-corrected chi connectivity index (χ2v) is 5.68. The first-order valence-electron chi connectivity index (χ1n) is 7.31. The average Bonchev–Trinajstić information content (AvgIpc) is 2.43. The molecule has 21 heavy (non-hydrogen) atoms. The van der Waals surface area contributed by atoms with E-state index in [2.05, 4.69) is 16.0 Å². The monoisotopic (exact) mass is 321 g/mol. The topological polar surface area (TPSA) is 79.5 Å². The third-order valence-corrected chi connectivity index (χ3v) is 3.50. The molecule has 1 saturated heterocycles. The van der Waals surface area contributed by atoms with Gasteiger partial charge in [0.05, 0.1) is 0 Å². The van der Waals surface area contributed by atoms with Crippen molar-refractivity contribution in [2.45, 2.75) is 32.7 Å². The van der Waals surface area contributed by atoms with Crippen LogP contribution in [-0.4, -0.2) is 51.2 Å². The van der Waals surface area contributed by atoms with Crippen LogP contribution in [-0.2, 0) is 14.3 Å². The minimum atomic E-state index is -0.505. The van der Waals surface area contributed by atoms with E-state index < -0.39 is 6.04 Å². The molecule has 1 aliphatic heterocycles. The molecule has 0 aromatic carbocycles. The van der Waals surface area contributed by atoms with Gasteiger partial charge in [-0.2, -0.15) is 0 Å². The molecule has 0 aromatic rings. The number of amides is 2. The van der Waals surface area contributed by atoms with E-state index in [1.54, 1.807) is 0 Å². The Bertz CT molecular complexity index is 321. The van der Waals surface area contributed by atoms with Gasteiger partial charge in [-0.1, -0.05) is 13.8 Å². The van der Waals surface area contributed by atoms with Crippen LogP contribution in [0.3, 0.4) is 0 Å². The van der Waals surface area contributed by atoms with Crippen molar-refractivity contribution in [3.8, 4) is 0 Å². The van der Waals surface area contributed by atoms with Crippen LogP contribution in [0.15, 0.2) is 0 Å². The smallest absolute Gasteiger partial charge is 0.246 e. The Morgan fingerprint density at radius 1 is 1.38 bits per heavy atom. The lowest BCUT2D eigenvalue weighted by Gasteiger charge is -2.26. The summed E-state index contributed by atoms with van der Waals surface area (Å²) in [5.74, 6) is 0.145. The molecule has 1 rings (SSSR count). The van der Waals surface area contributed by atoms with Crippen LogP contribution < -0.4 is 16.0 Å². The zero-order valence-electron chi connectivity index (χ0n) is 13.1. The molecule has 0 saturated carbocycles. The van der Waals surface area contributed by atoms with Crippen LogP contribution in [0, 0.1) is 11.8 Å². The lowest BCUT2D eigenvalue weighted by molar-refractivity contribution is -0.132. The van der Waals surface area contributed by atoms with Gasteiger partial charge in [-0.3, -0.25) is 9.59 Å². The molecule has 0 aliphatic carbocycles. The molecule has 1 heterocycles. The third-order valence-electron chi connectivity index (χ3n) is 3.50. The number of piperidine rings is 1. The number of halogens is 1. The van der Waals surface area contributed by atoms with Crippen LogP contribution >= 0.6 is 12.4 Å². The van der Waals surface area contributed by atoms with E-state index in [9.17, 15) is 9.59 Å². The quantitative estimate of drug-likeness (QED) is 0.630. The Morgan fingerprint density at radius 3 is 2.62 bits per heavy atom. The van der Waals surface area contributed by atoms with E-state index in [-0.39, 0.29) is 36.7 Å². The van der Waals surface area contributed by atoms with Gasteiger partial charge < -0.3 is 20.7 Å². The molecular formula is C14H28ClN3O3. The molecule has 0 spiro atoms. The highest BCUT2D eigenvalue weighted by Gasteiger charge is 2.24. The molecule has 1 unspecified atom stereocenters. The molecule has 0 bridgehead atoms. The lowest BCUT2D eigenvalue weighted by atomic mass is 9.99. The number of carbonyl (C=O) groups excluding carboxylic acids is 2. The van der Waals surface area contributed by atoms with E-state index >= 15 is 0 Å². The fourth-order valence-electron chi connectivity index (χ4n) is 2.33. The van der Waals surface area contributed by atoms with Gasteiger partial charge in [-0.15, -0.1) is 12.4 Å². The van der Waals surface area contributed by atoms with Crippen molar-refractivity contribution in [2.75, 3.05) is 33.4 Å². The number of methoxy groups -OCH3 is 1. The maximum absolute atomic E-state index is 12.2. The summed E-state index contributed by atoms with van der Waals surface area (Å²) in [5.41, 5.74) is 0. The number of nitrogens with one attached hydrogen (secondary N) is 3. The summed E-state index contributed by atoms with van der Waals surface area (Å²) in [6.07, 6.45) is 2.29. The standard InChI is InChI=1S/C14H27N3O3.ClH/c1-10(2)13(17-12(18)9-20-3)14(19)16-8-11-5-4-6-15-7-11;/h10-11,13,15H,4-9H2,1-3H3,(H,16,19)(H,17,18);1H/t11?,13-;/m0./s1. The molecule has 1 aliphatic rings. The molecule has 124 valence electrons. The Hall–Kier alpha value is -0.850. The second-order valence-electron chi connectivity index (χ2n) is 5.68. The van der Waals surface area contributed by atoms with Crippen molar-refractivity contribution in [1.29, 1.82) is 0 Å². The molecule has 7 heteroatoms. The normalized spacial score (nSPS) is 19.5. The molecule has 2 atom stereocenters. The largest absolute Gasteiger partial charge is 0.375 e. The summed E-state index contributed by atoms with van der Waals surface area (Å²) in [6.45, 7) is 6.48. The first-order chi connectivity index (χ1) is 9.54. The van der Waals surface area contributed by atoms with Gasteiger partial charge in [0, 0.05) is 13.7 Å². The SMILES string of the molecule is COCC(=O)N[C@H](C(=O)NCC1CCCNC1)C(C)C.Cl. The summed E-state index contributed by atoms with van der Waals surface area (Å²) < 4.78 is 4.77. The Labute approximate surface area is 133 Å². The molecule has 2 amide bonds. The van der Waals surface area contributed by atoms with Gasteiger partial charge in [0.2, 0.25) is 11.8 Å². The minimum absolute atomic E-state index is 0. The molecule has 6 nitrogen and oxygen atoms in total. The Kier molecular flexibility index (Phi) is 10.4. The summed E-state index contributed by atoms with van der Waals surface area (Å²) in [7, 11) is 1.46. The lowest BCUT2D eigenvalue weighted by Crippen LogP contribution is -2.51. The average molecular weight is 322 g/mol. The number of carbonyl (C=O) groups is 2. The molecule has 0 aromatic heterocycles. The number of rotatable bonds is 7. The highest BCUT2D eigenvalue weighted by molar-refractivity contribution is 5.88. The third kappa shape index (κ3) is 7.64. The van der Waals surface area contributed by atoms with E-state index in [0.29, 0.717) is 12.5 Å². The van der Waals surface area contributed by atoms with Gasteiger partial charge in [0.1, 0.15) is 12.6 Å². The summed E-state index contributed by atoms with van der Waals surface area (Å²) in [5, 5.41) is 8.98. The van der Waals surface area contributed by atoms with Crippen LogP contribution in [0.4, 0.5) is 0 Å². The van der Waals surface area contributed by atoms with Crippen molar-refractivity contribution < 1.29 is 14.3 Å². The van der Waals surface area contributed by atoms with Crippen molar-refractivity contribution in [2.24, 2.45) is 11.8 Å². The first kappa shape index (κ1) is 20.1. The van der Waals surface area contributed by atoms with Crippen molar-refractivity contribution in [3.63, 3.8) is 0 Å². The fraction of sp³-hybridized carbons (Fsp3) is 0.857. The summed E-state index contributed by atoms with van der Waals surface area (Å²) >= 11 is 0. The number of hydrogen-bond acceptors (Lipinski definition) is 4. The zero-order valence-corrected chi connectivity index (χ0v) is 13.9. The zero-order chi connectivity index (χ0) is 15.0. The Morgan fingerprint density at radius 2 is 2.10 bits per heavy atom. The summed E-state index contributed by atoms with van der Waals surface area (Å²) in [4.78, 5) is 23.7. The first-order valence-corrected chi connectivity index (χ1v) is 7.31.